The molecule has 1 aromatic rings. The lowest BCUT2D eigenvalue weighted by Gasteiger charge is -2.52. The molecule has 0 bridgehead atoms. The number of fused-ring (bicyclic) bond motifs is 2. The van der Waals surface area contributed by atoms with Crippen molar-refractivity contribution in [3.05, 3.63) is 34.3 Å². The highest BCUT2D eigenvalue weighted by Gasteiger charge is 2.48. The second-order valence-corrected chi connectivity index (χ2v) is 5.66. The van der Waals surface area contributed by atoms with E-state index < -0.39 is 0 Å². The van der Waals surface area contributed by atoms with E-state index in [1.807, 2.05) is 6.07 Å². The van der Waals surface area contributed by atoms with Crippen molar-refractivity contribution in [2.45, 2.75) is 37.5 Å². The highest BCUT2D eigenvalue weighted by atomic mass is 35.5. The second kappa shape index (κ2) is 3.75. The molecule has 1 saturated carbocycles. The molecular weight excluding hydrogens is 218 g/mol. The van der Waals surface area contributed by atoms with Crippen LogP contribution in [-0.4, -0.2) is 6.54 Å². The van der Waals surface area contributed by atoms with E-state index in [9.17, 15) is 0 Å². The van der Waals surface area contributed by atoms with Gasteiger partial charge in [0.05, 0.1) is 0 Å². The van der Waals surface area contributed by atoms with E-state index in [1.165, 1.54) is 36.8 Å². The third kappa shape index (κ3) is 1.28. The van der Waals surface area contributed by atoms with Crippen LogP contribution in [0.1, 0.15) is 36.8 Å². The number of hydrogen-bond donors (Lipinski definition) is 1. The highest BCUT2D eigenvalue weighted by molar-refractivity contribution is 6.31. The summed E-state index contributed by atoms with van der Waals surface area (Å²) in [7, 11) is 0. The molecule has 0 saturated heterocycles. The fourth-order valence-electron chi connectivity index (χ4n) is 3.70. The maximum Gasteiger partial charge on any atom is 0.0446 e. The van der Waals surface area contributed by atoms with Gasteiger partial charge < -0.3 is 5.73 Å². The van der Waals surface area contributed by atoms with Crippen molar-refractivity contribution in [2.24, 2.45) is 11.7 Å². The van der Waals surface area contributed by atoms with E-state index in [0.717, 1.165) is 18.0 Å². The molecule has 1 aromatic carbocycles. The van der Waals surface area contributed by atoms with Crippen LogP contribution in [0.25, 0.3) is 0 Å². The molecule has 0 amide bonds. The van der Waals surface area contributed by atoms with Gasteiger partial charge >= 0.3 is 0 Å². The van der Waals surface area contributed by atoms with E-state index in [2.05, 4.69) is 12.1 Å². The molecule has 0 aromatic heterocycles. The summed E-state index contributed by atoms with van der Waals surface area (Å²) in [6.07, 6.45) is 6.29. The van der Waals surface area contributed by atoms with Crippen LogP contribution in [-0.2, 0) is 11.8 Å². The summed E-state index contributed by atoms with van der Waals surface area (Å²) in [5.74, 6) is 0.647. The van der Waals surface area contributed by atoms with E-state index in [4.69, 9.17) is 17.3 Å². The van der Waals surface area contributed by atoms with Crippen molar-refractivity contribution in [3.8, 4) is 0 Å². The lowest BCUT2D eigenvalue weighted by molar-refractivity contribution is 0.129. The monoisotopic (exact) mass is 235 g/mol. The van der Waals surface area contributed by atoms with Crippen LogP contribution < -0.4 is 5.73 Å². The summed E-state index contributed by atoms with van der Waals surface area (Å²) in [6.45, 7) is 0.810. The Morgan fingerprint density at radius 3 is 2.81 bits per heavy atom. The normalized spacial score (nSPS) is 26.2. The van der Waals surface area contributed by atoms with Crippen LogP contribution in [0.15, 0.2) is 18.2 Å². The zero-order chi connectivity index (χ0) is 11.2. The largest absolute Gasteiger partial charge is 0.330 e. The van der Waals surface area contributed by atoms with Crippen molar-refractivity contribution in [2.75, 3.05) is 6.54 Å². The van der Waals surface area contributed by atoms with Crippen LogP contribution >= 0.6 is 11.6 Å². The molecule has 0 heterocycles. The number of rotatable bonds is 1. The summed E-state index contributed by atoms with van der Waals surface area (Å²) >= 11 is 6.42. The van der Waals surface area contributed by atoms with Crippen molar-refractivity contribution < 1.29 is 0 Å². The Bertz CT molecular complexity index is 409. The summed E-state index contributed by atoms with van der Waals surface area (Å²) in [4.78, 5) is 0. The van der Waals surface area contributed by atoms with Crippen molar-refractivity contribution in [1.82, 2.24) is 0 Å². The topological polar surface area (TPSA) is 26.0 Å². The van der Waals surface area contributed by atoms with Crippen LogP contribution in [0.5, 0.6) is 0 Å². The van der Waals surface area contributed by atoms with Crippen molar-refractivity contribution in [3.63, 3.8) is 0 Å². The first-order valence-electron chi connectivity index (χ1n) is 6.26. The summed E-state index contributed by atoms with van der Waals surface area (Å²) in [5.41, 5.74) is 9.19. The maximum atomic E-state index is 6.42. The first kappa shape index (κ1) is 10.6. The van der Waals surface area contributed by atoms with E-state index in [-0.39, 0.29) is 0 Å². The molecule has 0 aliphatic heterocycles. The quantitative estimate of drug-likeness (QED) is 0.794. The Hall–Kier alpha value is -0.530. The van der Waals surface area contributed by atoms with E-state index in [1.54, 1.807) is 0 Å². The smallest absolute Gasteiger partial charge is 0.0446 e. The van der Waals surface area contributed by atoms with E-state index in [0.29, 0.717) is 11.3 Å². The average Bonchev–Trinajstić information content (AvgIpc) is 2.25. The summed E-state index contributed by atoms with van der Waals surface area (Å²) in [6, 6.07) is 6.36. The van der Waals surface area contributed by atoms with Gasteiger partial charge in [0.15, 0.2) is 0 Å². The van der Waals surface area contributed by atoms with Gasteiger partial charge in [-0.3, -0.25) is 0 Å². The van der Waals surface area contributed by atoms with Crippen LogP contribution in [0.4, 0.5) is 0 Å². The zero-order valence-corrected chi connectivity index (χ0v) is 10.3. The molecule has 1 fully saturated rings. The van der Waals surface area contributed by atoms with Gasteiger partial charge in [0.1, 0.15) is 0 Å². The van der Waals surface area contributed by atoms with Gasteiger partial charge in [-0.25, -0.2) is 0 Å². The minimum Gasteiger partial charge on any atom is -0.330 e. The average molecular weight is 236 g/mol. The van der Waals surface area contributed by atoms with Crippen molar-refractivity contribution >= 4 is 11.6 Å². The van der Waals surface area contributed by atoms with Gasteiger partial charge in [0.2, 0.25) is 0 Å². The molecule has 2 N–H and O–H groups in total. The van der Waals surface area contributed by atoms with Gasteiger partial charge in [0, 0.05) is 10.4 Å². The highest BCUT2D eigenvalue weighted by Crippen LogP contribution is 2.55. The molecular formula is C14H18ClN. The van der Waals surface area contributed by atoms with Crippen LogP contribution in [0.2, 0.25) is 5.02 Å². The lowest BCUT2D eigenvalue weighted by atomic mass is 9.53. The molecule has 1 spiro atoms. The molecule has 2 heteroatoms. The Balaban J connectivity index is 2.14. The molecule has 1 unspecified atom stereocenters. The Labute approximate surface area is 102 Å². The zero-order valence-electron chi connectivity index (χ0n) is 9.51. The van der Waals surface area contributed by atoms with Gasteiger partial charge in [-0.1, -0.05) is 30.2 Å². The maximum absolute atomic E-state index is 6.42. The third-order valence-electron chi connectivity index (χ3n) is 4.67. The first-order chi connectivity index (χ1) is 7.78. The molecule has 16 heavy (non-hydrogen) atoms. The first-order valence-corrected chi connectivity index (χ1v) is 6.64. The van der Waals surface area contributed by atoms with Gasteiger partial charge in [0.25, 0.3) is 0 Å². The lowest BCUT2D eigenvalue weighted by Crippen LogP contribution is -2.48. The standard InChI is InChI=1S/C14H18ClN/c15-12-4-1-3-10-5-6-11(9-16)14(13(10)12)7-2-8-14/h1,3-4,11H,2,5-9,16H2. The summed E-state index contributed by atoms with van der Waals surface area (Å²) < 4.78 is 0. The number of benzene rings is 1. The summed E-state index contributed by atoms with van der Waals surface area (Å²) in [5, 5.41) is 0.968. The second-order valence-electron chi connectivity index (χ2n) is 5.25. The minimum absolute atomic E-state index is 0.334. The number of hydrogen-bond acceptors (Lipinski definition) is 1. The number of nitrogens with two attached hydrogens (primary N) is 1. The fourth-order valence-corrected chi connectivity index (χ4v) is 4.09. The Kier molecular flexibility index (Phi) is 2.49. The number of aryl methyl sites for hydroxylation is 1. The molecule has 86 valence electrons. The Morgan fingerprint density at radius 2 is 2.19 bits per heavy atom. The van der Waals surface area contributed by atoms with Crippen LogP contribution in [0, 0.1) is 5.92 Å². The molecule has 1 atom stereocenters. The van der Waals surface area contributed by atoms with Gasteiger partial charge in [-0.05, 0) is 55.3 Å². The Morgan fingerprint density at radius 1 is 1.38 bits per heavy atom. The van der Waals surface area contributed by atoms with Gasteiger partial charge in [-0.2, -0.15) is 0 Å². The van der Waals surface area contributed by atoms with Gasteiger partial charge in [-0.15, -0.1) is 0 Å². The van der Waals surface area contributed by atoms with Crippen LogP contribution in [0.3, 0.4) is 0 Å². The predicted octanol–water partition coefficient (Wildman–Crippen LogP) is 3.28. The molecule has 1 nitrogen and oxygen atoms in total. The van der Waals surface area contributed by atoms with E-state index >= 15 is 0 Å². The number of halogens is 1. The fraction of sp³-hybridized carbons (Fsp3) is 0.571. The third-order valence-corrected chi connectivity index (χ3v) is 4.99. The molecule has 2 aliphatic carbocycles. The molecule has 0 radical (unpaired) electrons. The predicted molar refractivity (Wildman–Crippen MR) is 67.8 cm³/mol. The molecule has 3 rings (SSSR count). The minimum atomic E-state index is 0.334. The molecule has 2 aliphatic rings. The SMILES string of the molecule is NCC1CCc2cccc(Cl)c2C12CCC2. The van der Waals surface area contributed by atoms with Crippen molar-refractivity contribution in [1.29, 1.82) is 0 Å².